The van der Waals surface area contributed by atoms with Crippen LogP contribution in [0.3, 0.4) is 0 Å². The van der Waals surface area contributed by atoms with E-state index in [1.165, 1.54) is 12.1 Å². The number of nitrogens with one attached hydrogen (secondary N) is 2. The Kier molecular flexibility index (Phi) is 9.36. The van der Waals surface area contributed by atoms with E-state index in [-0.39, 0.29) is 40.8 Å². The van der Waals surface area contributed by atoms with Crippen LogP contribution in [0.1, 0.15) is 25.7 Å². The van der Waals surface area contributed by atoms with Crippen molar-refractivity contribution in [1.82, 2.24) is 19.9 Å². The van der Waals surface area contributed by atoms with Crippen LogP contribution in [0.15, 0.2) is 59.8 Å². The summed E-state index contributed by atoms with van der Waals surface area (Å²) in [6, 6.07) is 12.4. The molecule has 1 aliphatic carbocycles. The smallest absolute Gasteiger partial charge is 0.393 e. The molecule has 6 nitrogen and oxygen atoms in total. The maximum Gasteiger partial charge on any atom is 1.00 e. The SMILES string of the molecule is CN(C)C1CCC(Nc2ncc3cc(-c4c(F)ccc(NSc5[c-]nccc5)c4F)ccc3n2)CC1.[Na+]. The first-order valence-corrected chi connectivity index (χ1v) is 12.7. The molecule has 0 unspecified atom stereocenters. The van der Waals surface area contributed by atoms with Crippen molar-refractivity contribution in [2.24, 2.45) is 0 Å². The van der Waals surface area contributed by atoms with Gasteiger partial charge in [0.05, 0.1) is 16.8 Å². The van der Waals surface area contributed by atoms with Crippen LogP contribution in [-0.2, 0) is 0 Å². The van der Waals surface area contributed by atoms with Gasteiger partial charge in [-0.25, -0.2) is 18.7 Å². The molecule has 0 spiro atoms. The predicted octanol–water partition coefficient (Wildman–Crippen LogP) is 3.18. The van der Waals surface area contributed by atoms with E-state index >= 15 is 4.39 Å². The minimum Gasteiger partial charge on any atom is -0.393 e. The molecule has 10 heteroatoms. The monoisotopic (exact) mass is 528 g/mol. The molecule has 2 N–H and O–H groups in total. The Labute approximate surface area is 242 Å². The van der Waals surface area contributed by atoms with Gasteiger partial charge in [-0.1, -0.05) is 23.4 Å². The summed E-state index contributed by atoms with van der Waals surface area (Å²) in [5, 5.41) is 4.17. The van der Waals surface area contributed by atoms with Crippen molar-refractivity contribution < 1.29 is 38.3 Å². The first-order valence-electron chi connectivity index (χ1n) is 11.9. The Morgan fingerprint density at radius 3 is 2.59 bits per heavy atom. The fourth-order valence-electron chi connectivity index (χ4n) is 4.55. The summed E-state index contributed by atoms with van der Waals surface area (Å²) in [7, 11) is 4.26. The van der Waals surface area contributed by atoms with Crippen molar-refractivity contribution in [3.8, 4) is 11.1 Å². The normalized spacial score (nSPS) is 17.4. The second kappa shape index (κ2) is 12.5. The van der Waals surface area contributed by atoms with Gasteiger partial charge in [0.1, 0.15) is 5.82 Å². The standard InChI is InChI=1S/C27H27F2N6S.Na/c1-35(2)20-8-6-19(7-9-20)32-27-31-15-18-14-17(5-11-23(18)33-27)25-22(28)10-12-24(26(25)29)34-36-21-4-3-13-30-16-21;/h3-5,10-15,19-20,34H,6-9H2,1-2H3,(H,31,32,33);/q-1;+1. The van der Waals surface area contributed by atoms with Crippen LogP contribution in [0, 0.1) is 17.8 Å². The van der Waals surface area contributed by atoms with Gasteiger partial charge >= 0.3 is 29.6 Å². The number of fused-ring (bicyclic) bond motifs is 1. The minimum absolute atomic E-state index is 0. The van der Waals surface area contributed by atoms with Crippen LogP contribution in [-0.4, -0.2) is 46.0 Å². The summed E-state index contributed by atoms with van der Waals surface area (Å²) in [6.45, 7) is 0. The van der Waals surface area contributed by atoms with E-state index in [1.54, 1.807) is 42.7 Å². The number of hydrogen-bond donors (Lipinski definition) is 2. The Hall–Kier alpha value is -2.30. The van der Waals surface area contributed by atoms with Gasteiger partial charge in [-0.05, 0) is 81.6 Å². The average Bonchev–Trinajstić information content (AvgIpc) is 2.89. The number of pyridine rings is 1. The Balaban J connectivity index is 0.00000320. The molecule has 0 atom stereocenters. The first-order chi connectivity index (χ1) is 17.5. The molecule has 4 aromatic rings. The van der Waals surface area contributed by atoms with Crippen LogP contribution in [0.4, 0.5) is 20.4 Å². The van der Waals surface area contributed by atoms with Gasteiger partial charge < -0.3 is 19.9 Å². The molecule has 0 amide bonds. The van der Waals surface area contributed by atoms with Gasteiger partial charge in [0.2, 0.25) is 5.95 Å². The number of nitrogens with zero attached hydrogens (tertiary/aromatic N) is 4. The maximum absolute atomic E-state index is 15.3. The topological polar surface area (TPSA) is 66.0 Å². The zero-order chi connectivity index (χ0) is 25.1. The number of hydrogen-bond acceptors (Lipinski definition) is 7. The molecule has 2 aromatic heterocycles. The second-order valence-electron chi connectivity index (χ2n) is 9.18. The summed E-state index contributed by atoms with van der Waals surface area (Å²) in [4.78, 5) is 16.0. The number of benzene rings is 2. The zero-order valence-corrected chi connectivity index (χ0v) is 23.9. The van der Waals surface area contributed by atoms with Gasteiger partial charge in [0.25, 0.3) is 0 Å². The molecule has 186 valence electrons. The predicted molar refractivity (Wildman–Crippen MR) is 141 cm³/mol. The molecule has 0 radical (unpaired) electrons. The summed E-state index contributed by atoms with van der Waals surface area (Å²) < 4.78 is 33.0. The summed E-state index contributed by atoms with van der Waals surface area (Å²) in [6.07, 6.45) is 10.6. The summed E-state index contributed by atoms with van der Waals surface area (Å²) in [5.74, 6) is -0.725. The molecule has 5 rings (SSSR count). The third-order valence-electron chi connectivity index (χ3n) is 6.57. The third-order valence-corrected chi connectivity index (χ3v) is 7.34. The molecule has 1 aliphatic rings. The molecule has 2 heterocycles. The Morgan fingerprint density at radius 1 is 1.05 bits per heavy atom. The quantitative estimate of drug-likeness (QED) is 0.217. The number of aromatic nitrogens is 3. The largest absolute Gasteiger partial charge is 1.00 e. The van der Waals surface area contributed by atoms with E-state index in [1.807, 2.05) is 0 Å². The molecule has 2 aromatic carbocycles. The molecule has 37 heavy (non-hydrogen) atoms. The van der Waals surface area contributed by atoms with Crippen LogP contribution in [0.2, 0.25) is 0 Å². The fourth-order valence-corrected chi connectivity index (χ4v) is 5.17. The van der Waals surface area contributed by atoms with Crippen molar-refractivity contribution in [2.45, 2.75) is 42.7 Å². The average molecular weight is 529 g/mol. The first kappa shape index (κ1) is 27.7. The molecule has 1 saturated carbocycles. The summed E-state index contributed by atoms with van der Waals surface area (Å²) in [5.41, 5.74) is 1.22. The second-order valence-corrected chi connectivity index (χ2v) is 10.0. The fraction of sp³-hybridized carbons (Fsp3) is 0.296. The van der Waals surface area contributed by atoms with Crippen molar-refractivity contribution in [2.75, 3.05) is 24.1 Å². The Bertz CT molecular complexity index is 1350. The van der Waals surface area contributed by atoms with Crippen molar-refractivity contribution in [3.63, 3.8) is 0 Å². The van der Waals surface area contributed by atoms with Crippen molar-refractivity contribution >= 4 is 34.5 Å². The van der Waals surface area contributed by atoms with E-state index in [0.29, 0.717) is 33.9 Å². The number of rotatable bonds is 7. The van der Waals surface area contributed by atoms with E-state index in [2.05, 4.69) is 50.2 Å². The van der Waals surface area contributed by atoms with Crippen LogP contribution in [0.5, 0.6) is 0 Å². The van der Waals surface area contributed by atoms with Gasteiger partial charge in [-0.15, -0.1) is 0 Å². The van der Waals surface area contributed by atoms with E-state index in [4.69, 9.17) is 0 Å². The van der Waals surface area contributed by atoms with E-state index in [0.717, 1.165) is 43.1 Å². The minimum atomic E-state index is -0.668. The molecule has 0 aliphatic heterocycles. The van der Waals surface area contributed by atoms with E-state index < -0.39 is 11.6 Å². The number of halogens is 2. The zero-order valence-electron chi connectivity index (χ0n) is 21.1. The molecule has 0 bridgehead atoms. The number of anilines is 2. The summed E-state index contributed by atoms with van der Waals surface area (Å²) >= 11 is 1.16. The Morgan fingerprint density at radius 2 is 1.86 bits per heavy atom. The van der Waals surface area contributed by atoms with E-state index in [9.17, 15) is 4.39 Å². The molecule has 1 fully saturated rings. The molecule has 0 saturated heterocycles. The van der Waals surface area contributed by atoms with Crippen molar-refractivity contribution in [3.05, 3.63) is 72.7 Å². The van der Waals surface area contributed by atoms with Gasteiger partial charge in [0, 0.05) is 23.7 Å². The maximum atomic E-state index is 15.3. The van der Waals surface area contributed by atoms with Gasteiger partial charge in [-0.2, -0.15) is 12.1 Å². The van der Waals surface area contributed by atoms with Gasteiger partial charge in [0.15, 0.2) is 5.82 Å². The van der Waals surface area contributed by atoms with Crippen LogP contribution < -0.4 is 39.6 Å². The molecular weight excluding hydrogens is 501 g/mol. The van der Waals surface area contributed by atoms with Crippen molar-refractivity contribution in [1.29, 1.82) is 0 Å². The van der Waals surface area contributed by atoms with Crippen LogP contribution in [0.25, 0.3) is 22.0 Å². The third kappa shape index (κ3) is 6.59. The van der Waals surface area contributed by atoms with Gasteiger partial charge in [-0.3, -0.25) is 0 Å². The van der Waals surface area contributed by atoms with Crippen LogP contribution >= 0.6 is 11.9 Å². The molecular formula is C27H27F2N6NaS.